The number of hydrogen-bond acceptors (Lipinski definition) is 4. The molecular weight excluding hydrogens is 249 g/mol. The minimum absolute atomic E-state index is 0.0144. The molecule has 0 spiro atoms. The van der Waals surface area contributed by atoms with Crippen molar-refractivity contribution in [1.82, 2.24) is 15.6 Å². The minimum atomic E-state index is -0.611. The fourth-order valence-corrected chi connectivity index (χ4v) is 2.37. The highest BCUT2D eigenvalue weighted by atomic mass is 19.1. The van der Waals surface area contributed by atoms with Crippen molar-refractivity contribution in [3.05, 3.63) is 29.8 Å². The molecule has 1 fully saturated rings. The maximum absolute atomic E-state index is 13.4. The molecule has 1 saturated heterocycles. The maximum atomic E-state index is 13.4. The average molecular weight is 267 g/mol. The van der Waals surface area contributed by atoms with Gasteiger partial charge in [-0.25, -0.2) is 4.39 Å². The van der Waals surface area contributed by atoms with E-state index in [1.54, 1.807) is 7.11 Å². The van der Waals surface area contributed by atoms with Gasteiger partial charge in [0.2, 0.25) is 0 Å². The number of nitrogens with one attached hydrogen (secondary N) is 2. The highest BCUT2D eigenvalue weighted by Gasteiger charge is 2.33. The van der Waals surface area contributed by atoms with Gasteiger partial charge in [-0.15, -0.1) is 0 Å². The zero-order valence-corrected chi connectivity index (χ0v) is 10.9. The third-order valence-corrected chi connectivity index (χ3v) is 3.36. The summed E-state index contributed by atoms with van der Waals surface area (Å²) < 4.78 is 18.6. The van der Waals surface area contributed by atoms with E-state index < -0.39 is 11.7 Å². The van der Waals surface area contributed by atoms with Gasteiger partial charge in [0, 0.05) is 19.9 Å². The van der Waals surface area contributed by atoms with Gasteiger partial charge < -0.3 is 15.4 Å². The Hall–Kier alpha value is -1.53. The summed E-state index contributed by atoms with van der Waals surface area (Å²) >= 11 is 0. The van der Waals surface area contributed by atoms with Crippen LogP contribution in [0.1, 0.15) is 23.2 Å². The summed E-state index contributed by atoms with van der Waals surface area (Å²) in [5.41, 5.74) is -0.228. The maximum Gasteiger partial charge on any atom is 0.254 e. The first-order valence-corrected chi connectivity index (χ1v) is 6.28. The fraction of sp³-hybridized carbons (Fsp3) is 0.538. The van der Waals surface area contributed by atoms with E-state index in [0.29, 0.717) is 13.2 Å². The molecule has 0 aliphatic carbocycles. The number of halogens is 1. The van der Waals surface area contributed by atoms with Crippen molar-refractivity contribution in [2.45, 2.75) is 18.4 Å². The summed E-state index contributed by atoms with van der Waals surface area (Å²) in [6.07, 6.45) is 4.41. The number of ether oxygens (including phenoxy) is 1. The van der Waals surface area contributed by atoms with Gasteiger partial charge in [-0.05, 0) is 25.5 Å². The van der Waals surface area contributed by atoms with Gasteiger partial charge in [0.05, 0.1) is 23.9 Å². The third-order valence-electron chi connectivity index (χ3n) is 3.36. The molecule has 1 atom stereocenters. The number of aromatic nitrogens is 1. The molecule has 1 aliphatic heterocycles. The van der Waals surface area contributed by atoms with Crippen LogP contribution in [0, 0.1) is 5.82 Å². The Bertz CT molecular complexity index is 447. The third kappa shape index (κ3) is 3.27. The lowest BCUT2D eigenvalue weighted by Crippen LogP contribution is -2.53. The van der Waals surface area contributed by atoms with E-state index in [9.17, 15) is 9.18 Å². The molecule has 19 heavy (non-hydrogen) atoms. The number of carbonyl (C=O) groups is 1. The van der Waals surface area contributed by atoms with Gasteiger partial charge in [-0.2, -0.15) is 0 Å². The number of methoxy groups -OCH3 is 1. The molecule has 1 aromatic heterocycles. The zero-order valence-electron chi connectivity index (χ0n) is 10.9. The molecule has 104 valence electrons. The first-order valence-electron chi connectivity index (χ1n) is 6.28. The van der Waals surface area contributed by atoms with Crippen LogP contribution >= 0.6 is 0 Å². The second-order valence-corrected chi connectivity index (χ2v) is 4.78. The van der Waals surface area contributed by atoms with Crippen LogP contribution in [0.5, 0.6) is 0 Å². The lowest BCUT2D eigenvalue weighted by Gasteiger charge is -2.28. The molecule has 0 aromatic carbocycles. The number of carbonyl (C=O) groups excluding carboxylic acids is 1. The second-order valence-electron chi connectivity index (χ2n) is 4.78. The SMILES string of the molecule is COCC1(CNC(=O)c2ccncc2F)CCCN1. The van der Waals surface area contributed by atoms with Gasteiger partial charge in [0.15, 0.2) is 5.82 Å². The second kappa shape index (κ2) is 6.08. The van der Waals surface area contributed by atoms with Crippen LogP contribution in [0.15, 0.2) is 18.5 Å². The van der Waals surface area contributed by atoms with E-state index in [1.807, 2.05) is 0 Å². The van der Waals surface area contributed by atoms with Crippen molar-refractivity contribution in [3.63, 3.8) is 0 Å². The van der Waals surface area contributed by atoms with Crippen molar-refractivity contribution in [2.75, 3.05) is 26.8 Å². The zero-order chi connectivity index (χ0) is 13.7. The number of rotatable bonds is 5. The van der Waals surface area contributed by atoms with Gasteiger partial charge in [-0.1, -0.05) is 0 Å². The molecule has 0 saturated carbocycles. The normalized spacial score (nSPS) is 22.4. The highest BCUT2D eigenvalue weighted by molar-refractivity contribution is 5.94. The first-order chi connectivity index (χ1) is 9.17. The van der Waals surface area contributed by atoms with E-state index in [4.69, 9.17) is 4.74 Å². The Morgan fingerprint density at radius 1 is 1.68 bits per heavy atom. The van der Waals surface area contributed by atoms with Gasteiger partial charge in [0.25, 0.3) is 5.91 Å². The lowest BCUT2D eigenvalue weighted by molar-refractivity contribution is 0.0888. The van der Waals surface area contributed by atoms with E-state index in [0.717, 1.165) is 25.6 Å². The van der Waals surface area contributed by atoms with Crippen molar-refractivity contribution in [3.8, 4) is 0 Å². The largest absolute Gasteiger partial charge is 0.383 e. The lowest BCUT2D eigenvalue weighted by atomic mass is 9.98. The van der Waals surface area contributed by atoms with Gasteiger partial charge in [0.1, 0.15) is 0 Å². The van der Waals surface area contributed by atoms with Crippen LogP contribution in [0.25, 0.3) is 0 Å². The molecule has 1 amide bonds. The molecule has 0 radical (unpaired) electrons. The number of nitrogens with zero attached hydrogens (tertiary/aromatic N) is 1. The molecule has 2 rings (SSSR count). The molecule has 6 heteroatoms. The Morgan fingerprint density at radius 3 is 3.16 bits per heavy atom. The van der Waals surface area contributed by atoms with Crippen molar-refractivity contribution in [2.24, 2.45) is 0 Å². The monoisotopic (exact) mass is 267 g/mol. The molecule has 2 N–H and O–H groups in total. The fourth-order valence-electron chi connectivity index (χ4n) is 2.37. The summed E-state index contributed by atoms with van der Waals surface area (Å²) in [7, 11) is 1.63. The van der Waals surface area contributed by atoms with Crippen LogP contribution in [-0.4, -0.2) is 43.2 Å². The standard InChI is InChI=1S/C13H18FN3O2/c1-19-9-13(4-2-5-17-13)8-16-12(18)10-3-6-15-7-11(10)14/h3,6-7,17H,2,4-5,8-9H2,1H3,(H,16,18). The Labute approximate surface area is 111 Å². The minimum Gasteiger partial charge on any atom is -0.383 e. The van der Waals surface area contributed by atoms with Crippen molar-refractivity contribution >= 4 is 5.91 Å². The van der Waals surface area contributed by atoms with Crippen LogP contribution < -0.4 is 10.6 Å². The van der Waals surface area contributed by atoms with Crippen LogP contribution in [-0.2, 0) is 4.74 Å². The van der Waals surface area contributed by atoms with E-state index >= 15 is 0 Å². The number of hydrogen-bond donors (Lipinski definition) is 2. The summed E-state index contributed by atoms with van der Waals surface area (Å²) in [5, 5.41) is 6.10. The van der Waals surface area contributed by atoms with Crippen molar-refractivity contribution in [1.29, 1.82) is 0 Å². The summed E-state index contributed by atoms with van der Waals surface area (Å²) in [6, 6.07) is 1.37. The molecule has 0 bridgehead atoms. The van der Waals surface area contributed by atoms with Crippen LogP contribution in [0.3, 0.4) is 0 Å². The summed E-state index contributed by atoms with van der Waals surface area (Å²) in [5.74, 6) is -1.04. The Morgan fingerprint density at radius 2 is 2.53 bits per heavy atom. The number of pyridine rings is 1. The molecule has 1 aliphatic rings. The topological polar surface area (TPSA) is 63.2 Å². The summed E-state index contributed by atoms with van der Waals surface area (Å²) in [4.78, 5) is 15.5. The molecule has 1 unspecified atom stereocenters. The summed E-state index contributed by atoms with van der Waals surface area (Å²) in [6.45, 7) is 1.84. The van der Waals surface area contributed by atoms with E-state index in [-0.39, 0.29) is 11.1 Å². The van der Waals surface area contributed by atoms with Crippen LogP contribution in [0.2, 0.25) is 0 Å². The number of amides is 1. The molecule has 1 aromatic rings. The van der Waals surface area contributed by atoms with E-state index in [1.165, 1.54) is 12.3 Å². The quantitative estimate of drug-likeness (QED) is 0.825. The smallest absolute Gasteiger partial charge is 0.254 e. The Balaban J connectivity index is 1.98. The molecule has 5 nitrogen and oxygen atoms in total. The Kier molecular flexibility index (Phi) is 4.44. The predicted octanol–water partition coefficient (Wildman–Crippen LogP) is 0.719. The first kappa shape index (κ1) is 13.9. The van der Waals surface area contributed by atoms with Gasteiger partial charge >= 0.3 is 0 Å². The molecular formula is C13H18FN3O2. The molecule has 2 heterocycles. The van der Waals surface area contributed by atoms with Crippen LogP contribution in [0.4, 0.5) is 4.39 Å². The highest BCUT2D eigenvalue weighted by Crippen LogP contribution is 2.19. The van der Waals surface area contributed by atoms with E-state index in [2.05, 4.69) is 15.6 Å². The van der Waals surface area contributed by atoms with Crippen molar-refractivity contribution < 1.29 is 13.9 Å². The van der Waals surface area contributed by atoms with Gasteiger partial charge in [-0.3, -0.25) is 9.78 Å². The average Bonchev–Trinajstić information content (AvgIpc) is 2.86. The predicted molar refractivity (Wildman–Crippen MR) is 68.4 cm³/mol.